The van der Waals surface area contributed by atoms with E-state index in [1.54, 1.807) is 39.0 Å². The van der Waals surface area contributed by atoms with Crippen molar-refractivity contribution in [3.63, 3.8) is 0 Å². The quantitative estimate of drug-likeness (QED) is 0.256. The average molecular weight is 435 g/mol. The lowest BCUT2D eigenvalue weighted by atomic mass is 10.1. The molecule has 0 saturated carbocycles. The molecule has 2 aromatic rings. The van der Waals surface area contributed by atoms with Gasteiger partial charge in [0.2, 0.25) is 11.9 Å². The number of nitrogens with zero attached hydrogens (tertiary/aromatic N) is 1. The van der Waals surface area contributed by atoms with Crippen molar-refractivity contribution in [3.05, 3.63) is 52.3 Å². The van der Waals surface area contributed by atoms with Crippen LogP contribution in [0, 0.1) is 32.6 Å². The smallest absolute Gasteiger partial charge is 0.342 e. The Morgan fingerprint density at radius 2 is 1.77 bits per heavy atom. The Bertz CT molecular complexity index is 1080. The number of pyridine rings is 1. The molecule has 8 nitrogen and oxygen atoms in total. The van der Waals surface area contributed by atoms with Gasteiger partial charge in [-0.3, -0.25) is 0 Å². The number of carbonyl (C=O) groups excluding carboxylic acids is 1. The molecule has 0 fully saturated rings. The lowest BCUT2D eigenvalue weighted by molar-refractivity contribution is -0.641. The number of rotatable bonds is 4. The summed E-state index contributed by atoms with van der Waals surface area (Å²) in [5, 5.41) is 0. The van der Waals surface area contributed by atoms with E-state index in [9.17, 15) is 17.8 Å². The summed E-state index contributed by atoms with van der Waals surface area (Å²) in [6.07, 6.45) is 1.51. The third-order valence-corrected chi connectivity index (χ3v) is 5.04. The van der Waals surface area contributed by atoms with Crippen LogP contribution < -0.4 is 15.3 Å². The zero-order valence-electron chi connectivity index (χ0n) is 17.9. The van der Waals surface area contributed by atoms with Crippen LogP contribution in [-0.2, 0) is 14.9 Å². The average Bonchev–Trinajstić information content (AvgIpc) is 2.62. The van der Waals surface area contributed by atoms with Crippen molar-refractivity contribution in [2.45, 2.75) is 39.5 Å². The van der Waals surface area contributed by atoms with E-state index in [2.05, 4.69) is 16.6 Å². The minimum Gasteiger partial charge on any atom is -0.744 e. The number of hydrogen-bond acceptors (Lipinski definition) is 7. The third-order valence-electron chi connectivity index (χ3n) is 3.89. The normalized spacial score (nSPS) is 10.2. The largest absolute Gasteiger partial charge is 0.744 e. The molecule has 0 amide bonds. The number of esters is 1. The standard InChI is InChI=1S/C12H14N2O3.C9H12O3S/c1-4-6-9-7-10(12(15)16-3)11(17-5-2)8-14(9)13;1-6-4-7(2)9(8(3)5-6)13(10,11)12/h7-8H,5H2,1-3H3,(H-,13,15);4-5H,1-3H3,(H,10,11,12). The van der Waals surface area contributed by atoms with Crippen LogP contribution in [0.15, 0.2) is 29.3 Å². The van der Waals surface area contributed by atoms with Crippen LogP contribution in [0.1, 0.15) is 46.6 Å². The van der Waals surface area contributed by atoms with Gasteiger partial charge in [0.05, 0.1) is 18.6 Å². The van der Waals surface area contributed by atoms with Gasteiger partial charge < -0.3 is 14.0 Å². The van der Waals surface area contributed by atoms with Crippen molar-refractivity contribution < 1.29 is 31.9 Å². The first kappa shape index (κ1) is 24.9. The Kier molecular flexibility index (Phi) is 8.83. The molecule has 0 atom stereocenters. The summed E-state index contributed by atoms with van der Waals surface area (Å²) in [5.74, 6) is 11.1. The molecule has 0 bridgehead atoms. The molecule has 162 valence electrons. The van der Waals surface area contributed by atoms with Crippen molar-refractivity contribution in [3.8, 4) is 17.6 Å². The Hall–Kier alpha value is -3.09. The van der Waals surface area contributed by atoms with E-state index in [-0.39, 0.29) is 4.90 Å². The Labute approximate surface area is 177 Å². The molecule has 2 rings (SSSR count). The molecule has 9 heteroatoms. The second-order valence-electron chi connectivity index (χ2n) is 6.33. The molecule has 0 spiro atoms. The highest BCUT2D eigenvalue weighted by Crippen LogP contribution is 2.21. The lowest BCUT2D eigenvalue weighted by Gasteiger charge is -2.14. The zero-order chi connectivity index (χ0) is 23.1. The van der Waals surface area contributed by atoms with Gasteiger partial charge in [-0.2, -0.15) is 0 Å². The number of nitrogens with two attached hydrogens (primary N) is 1. The maximum atomic E-state index is 11.6. The molecule has 0 aliphatic rings. The molecule has 2 N–H and O–H groups in total. The summed E-state index contributed by atoms with van der Waals surface area (Å²) in [5.41, 5.74) is 2.83. The molecule has 0 radical (unpaired) electrons. The Balaban J connectivity index is 0.000000311. The van der Waals surface area contributed by atoms with Gasteiger partial charge in [-0.15, -0.1) is 0 Å². The van der Waals surface area contributed by atoms with Crippen molar-refractivity contribution in [2.75, 3.05) is 19.6 Å². The summed E-state index contributed by atoms with van der Waals surface area (Å²) >= 11 is 0. The fourth-order valence-corrected chi connectivity index (χ4v) is 3.78. The first-order valence-corrected chi connectivity index (χ1v) is 10.4. The maximum absolute atomic E-state index is 11.6. The van der Waals surface area contributed by atoms with Gasteiger partial charge in [0.15, 0.2) is 0 Å². The van der Waals surface area contributed by atoms with Crippen molar-refractivity contribution >= 4 is 16.1 Å². The van der Waals surface area contributed by atoms with Gasteiger partial charge in [-0.1, -0.05) is 28.3 Å². The fourth-order valence-electron chi connectivity index (χ4n) is 2.88. The van der Waals surface area contributed by atoms with E-state index < -0.39 is 16.1 Å². The van der Waals surface area contributed by atoms with E-state index in [1.165, 1.54) is 18.0 Å². The molecule has 0 aliphatic carbocycles. The lowest BCUT2D eigenvalue weighted by Crippen LogP contribution is -2.47. The van der Waals surface area contributed by atoms with E-state index in [0.29, 0.717) is 34.7 Å². The summed E-state index contributed by atoms with van der Waals surface area (Å²) in [6.45, 7) is 9.06. The molecular formula is C21H26N2O6S. The monoisotopic (exact) mass is 434 g/mol. The zero-order valence-corrected chi connectivity index (χ0v) is 18.7. The van der Waals surface area contributed by atoms with Crippen LogP contribution in [0.4, 0.5) is 0 Å². The van der Waals surface area contributed by atoms with Gasteiger partial charge in [0.25, 0.3) is 5.69 Å². The minimum absolute atomic E-state index is 0.0851. The second kappa shape index (κ2) is 10.6. The van der Waals surface area contributed by atoms with Crippen LogP contribution in [0.5, 0.6) is 5.75 Å². The van der Waals surface area contributed by atoms with Crippen molar-refractivity contribution in [2.24, 2.45) is 0 Å². The number of benzene rings is 1. The topological polar surface area (TPSA) is 123 Å². The predicted octanol–water partition coefficient (Wildman–Crippen LogP) is 1.76. The summed E-state index contributed by atoms with van der Waals surface area (Å²) in [4.78, 5) is 11.5. The van der Waals surface area contributed by atoms with Gasteiger partial charge >= 0.3 is 5.97 Å². The van der Waals surface area contributed by atoms with E-state index in [4.69, 9.17) is 10.6 Å². The molecule has 1 heterocycles. The fraction of sp³-hybridized carbons (Fsp3) is 0.333. The molecule has 1 aromatic carbocycles. The molecule has 1 aromatic heterocycles. The van der Waals surface area contributed by atoms with Gasteiger partial charge in [-0.25, -0.2) is 19.1 Å². The Morgan fingerprint density at radius 3 is 2.20 bits per heavy atom. The second-order valence-corrected chi connectivity index (χ2v) is 7.64. The molecule has 0 unspecified atom stereocenters. The number of ether oxygens (including phenoxy) is 2. The van der Waals surface area contributed by atoms with E-state index in [0.717, 1.165) is 5.56 Å². The van der Waals surface area contributed by atoms with E-state index >= 15 is 0 Å². The van der Waals surface area contributed by atoms with Crippen LogP contribution in [0.2, 0.25) is 0 Å². The first-order valence-electron chi connectivity index (χ1n) is 8.98. The van der Waals surface area contributed by atoms with Crippen LogP contribution in [-0.4, -0.2) is 32.7 Å². The van der Waals surface area contributed by atoms with Crippen molar-refractivity contribution in [1.82, 2.24) is 0 Å². The van der Waals surface area contributed by atoms with Crippen LogP contribution in [0.25, 0.3) is 0 Å². The molecule has 0 saturated heterocycles. The summed E-state index contributed by atoms with van der Waals surface area (Å²) in [7, 11) is -3.02. The number of methoxy groups -OCH3 is 1. The highest BCUT2D eigenvalue weighted by molar-refractivity contribution is 7.85. The maximum Gasteiger partial charge on any atom is 0.342 e. The van der Waals surface area contributed by atoms with Crippen LogP contribution in [0.3, 0.4) is 0 Å². The number of nitrogen functional groups attached to an aromatic ring is 1. The minimum atomic E-state index is -4.33. The predicted molar refractivity (Wildman–Crippen MR) is 110 cm³/mol. The van der Waals surface area contributed by atoms with Crippen LogP contribution >= 0.6 is 0 Å². The number of hydrogen-bond donors (Lipinski definition) is 1. The number of aromatic nitrogens is 1. The Morgan fingerprint density at radius 1 is 1.20 bits per heavy atom. The highest BCUT2D eigenvalue weighted by atomic mass is 32.2. The molecule has 0 aliphatic heterocycles. The highest BCUT2D eigenvalue weighted by Gasteiger charge is 2.20. The number of carbonyl (C=O) groups is 1. The SMILES string of the molecule is CC#Cc1cc(C(=O)OC)c(OCC)c[n+]1N.Cc1cc(C)c(S(=O)(=O)[O-])c(C)c1. The third kappa shape index (κ3) is 6.47. The first-order chi connectivity index (χ1) is 14.0. The van der Waals surface area contributed by atoms with Gasteiger partial charge in [-0.05, 0) is 45.7 Å². The number of aryl methyl sites for hydroxylation is 3. The van der Waals surface area contributed by atoms with Crippen molar-refractivity contribution in [1.29, 1.82) is 0 Å². The van der Waals surface area contributed by atoms with Gasteiger partial charge in [0.1, 0.15) is 15.7 Å². The summed E-state index contributed by atoms with van der Waals surface area (Å²) in [6, 6.07) is 4.93. The summed E-state index contributed by atoms with van der Waals surface area (Å²) < 4.78 is 43.8. The van der Waals surface area contributed by atoms with Gasteiger partial charge in [0, 0.05) is 12.0 Å². The molecule has 30 heavy (non-hydrogen) atoms. The molecular weight excluding hydrogens is 408 g/mol. The van der Waals surface area contributed by atoms with E-state index in [1.807, 2.05) is 13.8 Å².